The molecule has 0 amide bonds. The lowest BCUT2D eigenvalue weighted by molar-refractivity contribution is 0.0958. The molecule has 0 atom stereocenters. The Kier molecular flexibility index (Phi) is 5.56. The number of anilines is 1. The lowest BCUT2D eigenvalue weighted by Gasteiger charge is -2.23. The summed E-state index contributed by atoms with van der Waals surface area (Å²) in [4.78, 5) is 23.3. The molecule has 6 aromatic rings. The van der Waals surface area contributed by atoms with Gasteiger partial charge < -0.3 is 5.32 Å². The zero-order chi connectivity index (χ0) is 26.2. The van der Waals surface area contributed by atoms with Crippen LogP contribution in [0.2, 0.25) is 0 Å². The van der Waals surface area contributed by atoms with E-state index in [9.17, 15) is 4.79 Å². The van der Waals surface area contributed by atoms with Crippen LogP contribution in [0.1, 0.15) is 16.1 Å². The summed E-state index contributed by atoms with van der Waals surface area (Å²) in [6.07, 6.45) is 3.99. The van der Waals surface area contributed by atoms with Gasteiger partial charge in [-0.3, -0.25) is 9.78 Å². The first kappa shape index (κ1) is 22.8. The minimum absolute atomic E-state index is 0.183. The Hall–Kier alpha value is -5.36. The molecule has 0 radical (unpaired) electrons. The number of allylic oxidation sites excluding steroid dienone is 2. The molecule has 0 aliphatic carbocycles. The first-order chi connectivity index (χ1) is 19.3. The van der Waals surface area contributed by atoms with Crippen LogP contribution in [0.15, 0.2) is 127 Å². The highest BCUT2D eigenvalue weighted by Crippen LogP contribution is 2.40. The summed E-state index contributed by atoms with van der Waals surface area (Å²) < 4.78 is 1.58. The summed E-state index contributed by atoms with van der Waals surface area (Å²) >= 11 is 0. The van der Waals surface area contributed by atoms with E-state index in [1.807, 2.05) is 97.1 Å². The molecular weight excluding hydrogens is 482 g/mol. The van der Waals surface area contributed by atoms with E-state index in [1.54, 1.807) is 17.1 Å². The highest BCUT2D eigenvalue weighted by Gasteiger charge is 2.33. The predicted molar refractivity (Wildman–Crippen MR) is 154 cm³/mol. The Morgan fingerprint density at radius 2 is 1.44 bits per heavy atom. The van der Waals surface area contributed by atoms with Crippen LogP contribution in [0.3, 0.4) is 0 Å². The summed E-state index contributed by atoms with van der Waals surface area (Å²) in [5.41, 5.74) is 7.60. The molecule has 0 unspecified atom stereocenters. The third-order valence-corrected chi connectivity index (χ3v) is 6.98. The molecule has 4 heterocycles. The van der Waals surface area contributed by atoms with Crippen LogP contribution in [-0.2, 0) is 6.42 Å². The SMILES string of the molecule is O=C1C(c2ccc3ncccc3c2)=C(Nc2ccccn2)Cc2c(-c3ccccc3)c(-c3ccccc3)nn21. The molecule has 0 saturated heterocycles. The molecule has 0 fully saturated rings. The number of nitrogens with one attached hydrogen (secondary N) is 1. The fourth-order valence-electron chi connectivity index (χ4n) is 5.21. The van der Waals surface area contributed by atoms with E-state index >= 15 is 0 Å². The molecule has 3 aromatic carbocycles. The van der Waals surface area contributed by atoms with Gasteiger partial charge in [0.25, 0.3) is 5.91 Å². The van der Waals surface area contributed by atoms with Crippen molar-refractivity contribution in [3.8, 4) is 22.4 Å². The van der Waals surface area contributed by atoms with Crippen molar-refractivity contribution in [1.82, 2.24) is 19.7 Å². The first-order valence-corrected chi connectivity index (χ1v) is 12.8. The van der Waals surface area contributed by atoms with Crippen molar-refractivity contribution < 1.29 is 4.79 Å². The summed E-state index contributed by atoms with van der Waals surface area (Å²) in [6.45, 7) is 0. The topological polar surface area (TPSA) is 72.7 Å². The van der Waals surface area contributed by atoms with Crippen molar-refractivity contribution >= 4 is 28.2 Å². The number of rotatable bonds is 5. The fourth-order valence-corrected chi connectivity index (χ4v) is 5.21. The van der Waals surface area contributed by atoms with Crippen molar-refractivity contribution in [2.75, 3.05) is 5.32 Å². The molecule has 0 saturated carbocycles. The maximum absolute atomic E-state index is 14.3. The van der Waals surface area contributed by atoms with E-state index in [4.69, 9.17) is 5.10 Å². The number of pyridine rings is 2. The van der Waals surface area contributed by atoms with E-state index < -0.39 is 0 Å². The molecule has 1 N–H and O–H groups in total. The maximum atomic E-state index is 14.3. The Morgan fingerprint density at radius 3 is 2.21 bits per heavy atom. The van der Waals surface area contributed by atoms with Crippen LogP contribution in [0.5, 0.6) is 0 Å². The lowest BCUT2D eigenvalue weighted by Crippen LogP contribution is -2.26. The number of carbonyl (C=O) groups is 1. The average molecular weight is 506 g/mol. The zero-order valence-electron chi connectivity index (χ0n) is 21.0. The number of nitrogens with zero attached hydrogens (tertiary/aromatic N) is 4. The standard InChI is InChI=1S/C33H23N5O/c39-33-30(25-16-17-26-24(20-25)14-9-19-34-26)27(36-29-15-7-8-18-35-29)21-28-31(22-10-3-1-4-11-22)32(37-38(28)33)23-12-5-2-6-13-23/h1-20H,21H2,(H,35,36). The van der Waals surface area contributed by atoms with Crippen molar-refractivity contribution in [1.29, 1.82) is 0 Å². The second-order valence-corrected chi connectivity index (χ2v) is 9.40. The molecule has 3 aromatic heterocycles. The number of hydrogen-bond donors (Lipinski definition) is 1. The van der Waals surface area contributed by atoms with Gasteiger partial charge in [0, 0.05) is 41.0 Å². The van der Waals surface area contributed by atoms with Gasteiger partial charge in [0.15, 0.2) is 0 Å². The fraction of sp³-hybridized carbons (Fsp3) is 0.0303. The summed E-state index contributed by atoms with van der Waals surface area (Å²) in [6, 6.07) is 35.7. The van der Waals surface area contributed by atoms with E-state index in [2.05, 4.69) is 27.4 Å². The lowest BCUT2D eigenvalue weighted by atomic mass is 9.92. The second kappa shape index (κ2) is 9.50. The molecule has 7 rings (SSSR count). The summed E-state index contributed by atoms with van der Waals surface area (Å²) in [5.74, 6) is 0.495. The van der Waals surface area contributed by atoms with E-state index in [0.29, 0.717) is 17.8 Å². The number of carbonyl (C=O) groups excluding carboxylic acids is 1. The van der Waals surface area contributed by atoms with E-state index in [1.165, 1.54) is 0 Å². The summed E-state index contributed by atoms with van der Waals surface area (Å²) in [5, 5.41) is 9.37. The predicted octanol–water partition coefficient (Wildman–Crippen LogP) is 6.88. The minimum Gasteiger partial charge on any atom is -0.343 e. The van der Waals surface area contributed by atoms with Crippen LogP contribution < -0.4 is 5.32 Å². The van der Waals surface area contributed by atoms with Crippen molar-refractivity contribution in [2.45, 2.75) is 6.42 Å². The second-order valence-electron chi connectivity index (χ2n) is 9.40. The van der Waals surface area contributed by atoms with Crippen LogP contribution in [-0.4, -0.2) is 25.7 Å². The molecule has 0 spiro atoms. The summed E-state index contributed by atoms with van der Waals surface area (Å²) in [7, 11) is 0. The third-order valence-electron chi connectivity index (χ3n) is 6.98. The van der Waals surface area contributed by atoms with Crippen LogP contribution in [0.25, 0.3) is 38.9 Å². The quantitative estimate of drug-likeness (QED) is 0.276. The Morgan fingerprint density at radius 1 is 0.692 bits per heavy atom. The largest absolute Gasteiger partial charge is 0.343 e. The number of fused-ring (bicyclic) bond motifs is 2. The minimum atomic E-state index is -0.183. The van der Waals surface area contributed by atoms with Gasteiger partial charge in [0.05, 0.1) is 16.8 Å². The van der Waals surface area contributed by atoms with Gasteiger partial charge in [0.1, 0.15) is 11.5 Å². The molecule has 1 aliphatic rings. The average Bonchev–Trinajstić information content (AvgIpc) is 3.38. The maximum Gasteiger partial charge on any atom is 0.280 e. The zero-order valence-corrected chi connectivity index (χ0v) is 21.0. The van der Waals surface area contributed by atoms with Crippen LogP contribution >= 0.6 is 0 Å². The van der Waals surface area contributed by atoms with Crippen molar-refractivity contribution in [3.05, 3.63) is 139 Å². The molecule has 39 heavy (non-hydrogen) atoms. The number of hydrogen-bond acceptors (Lipinski definition) is 5. The monoisotopic (exact) mass is 505 g/mol. The van der Waals surface area contributed by atoms with E-state index in [-0.39, 0.29) is 5.91 Å². The Labute approximate surface area is 225 Å². The Bertz CT molecular complexity index is 1860. The molecule has 186 valence electrons. The van der Waals surface area contributed by atoms with Gasteiger partial charge in [-0.1, -0.05) is 78.9 Å². The number of aromatic nitrogens is 4. The third kappa shape index (κ3) is 4.08. The van der Waals surface area contributed by atoms with Gasteiger partial charge in [-0.2, -0.15) is 9.78 Å². The molecule has 1 aliphatic heterocycles. The van der Waals surface area contributed by atoms with Crippen LogP contribution in [0, 0.1) is 0 Å². The molecule has 6 nitrogen and oxygen atoms in total. The van der Waals surface area contributed by atoms with Gasteiger partial charge in [-0.25, -0.2) is 4.98 Å². The van der Waals surface area contributed by atoms with Crippen molar-refractivity contribution in [2.24, 2.45) is 0 Å². The highest BCUT2D eigenvalue weighted by atomic mass is 16.2. The van der Waals surface area contributed by atoms with Gasteiger partial charge in [-0.15, -0.1) is 0 Å². The smallest absolute Gasteiger partial charge is 0.280 e. The van der Waals surface area contributed by atoms with Crippen molar-refractivity contribution in [3.63, 3.8) is 0 Å². The van der Waals surface area contributed by atoms with E-state index in [0.717, 1.165) is 50.2 Å². The Balaban J connectivity index is 1.45. The number of benzene rings is 3. The molecule has 0 bridgehead atoms. The van der Waals surface area contributed by atoms with Crippen LogP contribution in [0.4, 0.5) is 5.82 Å². The van der Waals surface area contributed by atoms with Gasteiger partial charge in [0.2, 0.25) is 0 Å². The van der Waals surface area contributed by atoms with Gasteiger partial charge >= 0.3 is 0 Å². The highest BCUT2D eigenvalue weighted by molar-refractivity contribution is 6.23. The molecule has 6 heteroatoms. The normalized spacial score (nSPS) is 13.0. The van der Waals surface area contributed by atoms with Gasteiger partial charge in [-0.05, 0) is 41.5 Å². The first-order valence-electron chi connectivity index (χ1n) is 12.8. The molecular formula is C33H23N5O.